The van der Waals surface area contributed by atoms with E-state index in [9.17, 15) is 43.1 Å². The van der Waals surface area contributed by atoms with Crippen molar-refractivity contribution >= 4 is 43.0 Å². The molecule has 2 heterocycles. The lowest BCUT2D eigenvalue weighted by atomic mass is 9.89. The summed E-state index contributed by atoms with van der Waals surface area (Å²) >= 11 is 0. The standard InChI is InChI=1S/C42H65N6O13P/c1-27(2)19-35(38(50)21-31(20-32-24-44-26-45-32)41(53)46-28(3)37(49)23-34(40(43)52)29(4)61-62(55,56)57)47-42(54)36-22-33(25-48(36)39(51)14-16-59-18-17-58-5)60-15-10-9-13-30-11-7-6-8-12-30/h6-8,11-12,24,26-29,31,33-36H,9-10,13-23,25H2,1-5H3,(H2,43,52)(H,44,45)(H,46,53)(H,47,54)(H2,55,56,57)/t28-,29+,31+,33-,34-,35-,36?/m0/s1. The number of methoxy groups -OCH3 is 1. The minimum Gasteiger partial charge on any atom is -0.382 e. The summed E-state index contributed by atoms with van der Waals surface area (Å²) in [5, 5.41) is 5.49. The highest BCUT2D eigenvalue weighted by Crippen LogP contribution is 2.39. The molecule has 1 fully saturated rings. The van der Waals surface area contributed by atoms with Gasteiger partial charge in [0.05, 0.1) is 68.7 Å². The van der Waals surface area contributed by atoms with Crippen LogP contribution in [-0.2, 0) is 64.9 Å². The van der Waals surface area contributed by atoms with Gasteiger partial charge in [-0.2, -0.15) is 0 Å². The van der Waals surface area contributed by atoms with E-state index in [1.165, 1.54) is 36.8 Å². The van der Waals surface area contributed by atoms with Crippen molar-refractivity contribution in [1.82, 2.24) is 25.5 Å². The number of imidazole rings is 1. The smallest absolute Gasteiger partial charge is 0.382 e. The molecule has 0 spiro atoms. The Balaban J connectivity index is 1.73. The molecule has 0 bridgehead atoms. The van der Waals surface area contributed by atoms with E-state index in [4.69, 9.17) is 19.9 Å². The second-order valence-electron chi connectivity index (χ2n) is 16.1. The quantitative estimate of drug-likeness (QED) is 0.0485. The summed E-state index contributed by atoms with van der Waals surface area (Å²) in [6, 6.07) is 6.96. The van der Waals surface area contributed by atoms with Crippen molar-refractivity contribution < 1.29 is 61.9 Å². The number of nitrogens with two attached hydrogens (primary N) is 1. The first-order valence-electron chi connectivity index (χ1n) is 21.1. The molecule has 0 aliphatic carbocycles. The number of carbonyl (C=O) groups excluding carboxylic acids is 6. The number of hydrogen-bond acceptors (Lipinski definition) is 12. The Bertz CT molecular complexity index is 1780. The minimum absolute atomic E-state index is 0.0135. The maximum Gasteiger partial charge on any atom is 0.469 e. The van der Waals surface area contributed by atoms with Crippen LogP contribution in [0, 0.1) is 17.8 Å². The number of H-pyrrole nitrogens is 1. The predicted molar refractivity (Wildman–Crippen MR) is 226 cm³/mol. The molecular weight excluding hydrogens is 827 g/mol. The van der Waals surface area contributed by atoms with Crippen LogP contribution in [0.25, 0.3) is 0 Å². The zero-order valence-electron chi connectivity index (χ0n) is 36.4. The summed E-state index contributed by atoms with van der Waals surface area (Å²) in [4.78, 5) is 108. The predicted octanol–water partition coefficient (Wildman–Crippen LogP) is 2.18. The van der Waals surface area contributed by atoms with Crippen LogP contribution in [-0.4, -0.2) is 130 Å². The highest BCUT2D eigenvalue weighted by atomic mass is 31.2. The van der Waals surface area contributed by atoms with Crippen molar-refractivity contribution in [3.05, 3.63) is 54.1 Å². The number of aromatic nitrogens is 2. The SMILES string of the molecule is COCCOCCC(=O)N1C[C@@H](OCCCCc2ccccc2)CC1C(=O)N[C@@H](CC(C)C)C(=O)C[C@@H](Cc1cnc[nH]1)C(=O)N[C@@H](C)C(=O)C[C@H](C(N)=O)[C@@H](C)OP(=O)(O)O. The number of rotatable bonds is 30. The normalized spacial score (nSPS) is 17.8. The Morgan fingerprint density at radius 3 is 2.32 bits per heavy atom. The highest BCUT2D eigenvalue weighted by molar-refractivity contribution is 7.46. The number of ether oxygens (including phenoxy) is 3. The number of hydrogen-bond donors (Lipinski definition) is 6. The monoisotopic (exact) mass is 892 g/mol. The third-order valence-electron chi connectivity index (χ3n) is 10.6. The van der Waals surface area contributed by atoms with Gasteiger partial charge >= 0.3 is 7.82 Å². The van der Waals surface area contributed by atoms with Gasteiger partial charge in [-0.05, 0) is 51.0 Å². The molecule has 1 unspecified atom stereocenters. The number of carbonyl (C=O) groups is 6. The van der Waals surface area contributed by atoms with Gasteiger partial charge in [0.25, 0.3) is 0 Å². The van der Waals surface area contributed by atoms with Crippen molar-refractivity contribution in [3.8, 4) is 0 Å². The van der Waals surface area contributed by atoms with E-state index in [-0.39, 0.29) is 57.1 Å². The van der Waals surface area contributed by atoms with E-state index in [2.05, 4.69) is 37.3 Å². The number of nitrogens with one attached hydrogen (secondary N) is 3. The Kier molecular flexibility index (Phi) is 22.1. The fourth-order valence-corrected chi connectivity index (χ4v) is 7.80. The molecule has 62 heavy (non-hydrogen) atoms. The molecule has 0 saturated carbocycles. The third kappa shape index (κ3) is 18.5. The van der Waals surface area contributed by atoms with Crippen LogP contribution in [0.1, 0.15) is 83.9 Å². The molecule has 2 aromatic rings. The number of unbranched alkanes of at least 4 members (excludes halogenated alkanes) is 1. The average molecular weight is 893 g/mol. The van der Waals surface area contributed by atoms with Crippen LogP contribution in [0.4, 0.5) is 0 Å². The topological polar surface area (TPSA) is 279 Å². The van der Waals surface area contributed by atoms with Crippen LogP contribution in [0.5, 0.6) is 0 Å². The van der Waals surface area contributed by atoms with Crippen molar-refractivity contribution in [2.24, 2.45) is 23.5 Å². The zero-order valence-corrected chi connectivity index (χ0v) is 37.3. The van der Waals surface area contributed by atoms with Gasteiger partial charge in [-0.3, -0.25) is 33.3 Å². The Morgan fingerprint density at radius 1 is 0.968 bits per heavy atom. The van der Waals surface area contributed by atoms with E-state index in [0.717, 1.165) is 19.3 Å². The van der Waals surface area contributed by atoms with Crippen LogP contribution in [0.2, 0.25) is 0 Å². The van der Waals surface area contributed by atoms with Gasteiger partial charge in [-0.25, -0.2) is 9.55 Å². The number of ketones is 2. The van der Waals surface area contributed by atoms with Gasteiger partial charge in [0.1, 0.15) is 6.04 Å². The van der Waals surface area contributed by atoms with Crippen molar-refractivity contribution in [2.75, 3.05) is 40.1 Å². The Morgan fingerprint density at radius 2 is 1.69 bits per heavy atom. The first-order valence-corrected chi connectivity index (χ1v) is 22.6. The van der Waals surface area contributed by atoms with Crippen LogP contribution < -0.4 is 16.4 Å². The molecule has 4 amide bonds. The van der Waals surface area contributed by atoms with E-state index in [1.807, 2.05) is 32.0 Å². The number of phosphoric acid groups is 1. The Labute approximate surface area is 363 Å². The van der Waals surface area contributed by atoms with Gasteiger partial charge in [-0.1, -0.05) is 44.2 Å². The molecular formula is C42H65N6O13P. The zero-order chi connectivity index (χ0) is 45.8. The third-order valence-corrected chi connectivity index (χ3v) is 11.2. The highest BCUT2D eigenvalue weighted by Gasteiger charge is 2.41. The summed E-state index contributed by atoms with van der Waals surface area (Å²) in [5.41, 5.74) is 7.16. The fourth-order valence-electron chi connectivity index (χ4n) is 7.22. The van der Waals surface area contributed by atoms with Crippen molar-refractivity contribution in [1.29, 1.82) is 0 Å². The summed E-state index contributed by atoms with van der Waals surface area (Å²) in [5.74, 6) is -6.17. The summed E-state index contributed by atoms with van der Waals surface area (Å²) in [7, 11) is -3.47. The number of likely N-dealkylation sites (tertiary alicyclic amines) is 1. The van der Waals surface area contributed by atoms with Crippen LogP contribution >= 0.6 is 7.82 Å². The second-order valence-corrected chi connectivity index (χ2v) is 17.3. The number of phosphoric ester groups is 1. The molecule has 7 atom stereocenters. The van der Waals surface area contributed by atoms with Gasteiger partial charge < -0.3 is 50.2 Å². The van der Waals surface area contributed by atoms with Crippen molar-refractivity contribution in [3.63, 3.8) is 0 Å². The maximum atomic E-state index is 14.2. The van der Waals surface area contributed by atoms with Gasteiger partial charge in [-0.15, -0.1) is 0 Å². The molecule has 3 rings (SSSR count). The van der Waals surface area contributed by atoms with Crippen LogP contribution in [0.3, 0.4) is 0 Å². The second kappa shape index (κ2) is 26.3. The molecule has 1 aliphatic heterocycles. The van der Waals surface area contributed by atoms with Crippen LogP contribution in [0.15, 0.2) is 42.9 Å². The first-order chi connectivity index (χ1) is 29.4. The molecule has 346 valence electrons. The van der Waals surface area contributed by atoms with E-state index < -0.39 is 85.7 Å². The molecule has 1 aliphatic rings. The molecule has 7 N–H and O–H groups in total. The number of primary amides is 1. The fraction of sp³-hybridized carbons (Fsp3) is 0.643. The maximum absolute atomic E-state index is 14.2. The molecule has 1 aromatic heterocycles. The minimum atomic E-state index is -5.01. The summed E-state index contributed by atoms with van der Waals surface area (Å²) < 4.78 is 32.7. The van der Waals surface area contributed by atoms with E-state index in [1.54, 1.807) is 7.11 Å². The van der Waals surface area contributed by atoms with Gasteiger partial charge in [0, 0.05) is 57.8 Å². The molecule has 19 nitrogen and oxygen atoms in total. The molecule has 1 saturated heterocycles. The van der Waals surface area contributed by atoms with Gasteiger partial charge in [0.15, 0.2) is 11.6 Å². The lowest BCUT2D eigenvalue weighted by molar-refractivity contribution is -0.140. The molecule has 1 aromatic carbocycles. The van der Waals surface area contributed by atoms with E-state index in [0.29, 0.717) is 25.5 Å². The number of amides is 4. The first kappa shape index (κ1) is 52.0. The number of Topliss-reactive ketones (excluding diaryl/α,β-unsaturated/α-hetero) is 2. The Hall–Kier alpha value is -4.36. The number of aryl methyl sites for hydroxylation is 1. The summed E-state index contributed by atoms with van der Waals surface area (Å²) in [6.45, 7) is 7.77. The average Bonchev–Trinajstić information content (AvgIpc) is 3.89. The van der Waals surface area contributed by atoms with Gasteiger partial charge in [0.2, 0.25) is 23.6 Å². The molecule has 0 radical (unpaired) electrons. The number of aromatic amines is 1. The summed E-state index contributed by atoms with van der Waals surface area (Å²) in [6.07, 6.45) is 3.23. The number of benzene rings is 1. The number of nitrogens with zero attached hydrogens (tertiary/aromatic N) is 2. The van der Waals surface area contributed by atoms with Crippen molar-refractivity contribution in [2.45, 2.75) is 116 Å². The van der Waals surface area contributed by atoms with E-state index >= 15 is 0 Å². The largest absolute Gasteiger partial charge is 0.469 e. The lowest BCUT2D eigenvalue weighted by Gasteiger charge is -2.27. The molecule has 20 heteroatoms. The lowest BCUT2D eigenvalue weighted by Crippen LogP contribution is -2.52.